The van der Waals surface area contributed by atoms with Gasteiger partial charge in [-0.05, 0) is 24.6 Å². The number of unbranched alkanes of at least 4 members (excludes halogenated alkanes) is 6. The summed E-state index contributed by atoms with van der Waals surface area (Å²) >= 11 is 0. The maximum absolute atomic E-state index is 11.9. The van der Waals surface area contributed by atoms with Crippen molar-refractivity contribution in [1.82, 2.24) is 0 Å². The van der Waals surface area contributed by atoms with Crippen molar-refractivity contribution in [2.45, 2.75) is 51.9 Å². The van der Waals surface area contributed by atoms with Crippen LogP contribution in [-0.2, 0) is 4.74 Å². The molecule has 0 fully saturated rings. The Hall–Kier alpha value is -1.71. The van der Waals surface area contributed by atoms with E-state index in [1.54, 1.807) is 18.2 Å². The Morgan fingerprint density at radius 2 is 1.76 bits per heavy atom. The van der Waals surface area contributed by atoms with E-state index >= 15 is 0 Å². The number of esters is 1. The van der Waals surface area contributed by atoms with Gasteiger partial charge in [0.25, 0.3) is 0 Å². The number of anilines is 1. The van der Waals surface area contributed by atoms with Crippen molar-refractivity contribution in [3.05, 3.63) is 23.8 Å². The monoisotopic (exact) mass is 293 g/mol. The molecule has 1 aromatic rings. The molecule has 0 spiro atoms. The third-order valence-electron chi connectivity index (χ3n) is 3.45. The number of rotatable bonds is 10. The average molecular weight is 293 g/mol. The highest BCUT2D eigenvalue weighted by molar-refractivity contribution is 5.90. The van der Waals surface area contributed by atoms with Crippen molar-refractivity contribution >= 4 is 11.7 Å². The Bertz CT molecular complexity index is 432. The molecular weight excluding hydrogens is 266 g/mol. The van der Waals surface area contributed by atoms with Crippen LogP contribution in [-0.4, -0.2) is 19.7 Å². The summed E-state index contributed by atoms with van der Waals surface area (Å²) in [7, 11) is 1.53. The maximum Gasteiger partial charge on any atom is 0.338 e. The van der Waals surface area contributed by atoms with Gasteiger partial charge in [0.1, 0.15) is 5.75 Å². The second-order valence-corrected chi connectivity index (χ2v) is 5.21. The van der Waals surface area contributed by atoms with Gasteiger partial charge in [0.15, 0.2) is 0 Å². The molecule has 0 saturated carbocycles. The van der Waals surface area contributed by atoms with Crippen molar-refractivity contribution in [2.75, 3.05) is 19.5 Å². The number of carbonyl (C=O) groups excluding carboxylic acids is 1. The summed E-state index contributed by atoms with van der Waals surface area (Å²) in [6, 6.07) is 4.93. The van der Waals surface area contributed by atoms with E-state index in [0.717, 1.165) is 12.8 Å². The summed E-state index contributed by atoms with van der Waals surface area (Å²) in [6.07, 6.45) is 8.41. The predicted molar refractivity (Wildman–Crippen MR) is 85.7 cm³/mol. The summed E-state index contributed by atoms with van der Waals surface area (Å²) in [4.78, 5) is 11.9. The zero-order valence-corrected chi connectivity index (χ0v) is 13.2. The Morgan fingerprint density at radius 3 is 2.43 bits per heavy atom. The summed E-state index contributed by atoms with van der Waals surface area (Å²) in [5, 5.41) is 0. The van der Waals surface area contributed by atoms with E-state index in [2.05, 4.69) is 6.92 Å². The molecule has 2 N–H and O–H groups in total. The lowest BCUT2D eigenvalue weighted by Gasteiger charge is -2.08. The van der Waals surface area contributed by atoms with Crippen molar-refractivity contribution < 1.29 is 14.3 Å². The van der Waals surface area contributed by atoms with E-state index in [9.17, 15) is 4.79 Å². The zero-order valence-electron chi connectivity index (χ0n) is 13.2. The second-order valence-electron chi connectivity index (χ2n) is 5.21. The van der Waals surface area contributed by atoms with Gasteiger partial charge < -0.3 is 15.2 Å². The Kier molecular flexibility index (Phi) is 8.32. The molecule has 4 nitrogen and oxygen atoms in total. The van der Waals surface area contributed by atoms with Crippen LogP contribution in [0.15, 0.2) is 18.2 Å². The molecule has 0 amide bonds. The van der Waals surface area contributed by atoms with E-state index in [1.165, 1.54) is 39.2 Å². The first-order chi connectivity index (χ1) is 10.2. The molecule has 0 atom stereocenters. The van der Waals surface area contributed by atoms with Crippen LogP contribution in [0.2, 0.25) is 0 Å². The van der Waals surface area contributed by atoms with Gasteiger partial charge in [0, 0.05) is 0 Å². The lowest BCUT2D eigenvalue weighted by Crippen LogP contribution is -2.07. The first kappa shape index (κ1) is 17.3. The SMILES string of the molecule is CCCCCCCCCOC(=O)c1ccc(N)c(OC)c1. The molecule has 4 heteroatoms. The second kappa shape index (κ2) is 10.1. The first-order valence-electron chi connectivity index (χ1n) is 7.79. The summed E-state index contributed by atoms with van der Waals surface area (Å²) in [5.41, 5.74) is 6.70. The molecule has 0 aromatic heterocycles. The minimum Gasteiger partial charge on any atom is -0.495 e. The molecule has 0 bridgehead atoms. The van der Waals surface area contributed by atoms with Crippen LogP contribution in [0, 0.1) is 0 Å². The third-order valence-corrected chi connectivity index (χ3v) is 3.45. The van der Waals surface area contributed by atoms with Crippen LogP contribution >= 0.6 is 0 Å². The minimum atomic E-state index is -0.320. The predicted octanol–water partition coefficient (Wildman–Crippen LogP) is 4.18. The molecule has 0 aliphatic rings. The van der Waals surface area contributed by atoms with Crippen molar-refractivity contribution in [3.8, 4) is 5.75 Å². The van der Waals surface area contributed by atoms with E-state index in [0.29, 0.717) is 23.6 Å². The summed E-state index contributed by atoms with van der Waals surface area (Å²) < 4.78 is 10.4. The van der Waals surface area contributed by atoms with Crippen molar-refractivity contribution in [2.24, 2.45) is 0 Å². The van der Waals surface area contributed by atoms with Gasteiger partial charge in [-0.2, -0.15) is 0 Å². The highest BCUT2D eigenvalue weighted by Gasteiger charge is 2.09. The fourth-order valence-corrected chi connectivity index (χ4v) is 2.15. The highest BCUT2D eigenvalue weighted by Crippen LogP contribution is 2.22. The Morgan fingerprint density at radius 1 is 1.10 bits per heavy atom. The van der Waals surface area contributed by atoms with Crippen LogP contribution in [0.4, 0.5) is 5.69 Å². The Balaban J connectivity index is 2.22. The lowest BCUT2D eigenvalue weighted by molar-refractivity contribution is 0.0497. The van der Waals surface area contributed by atoms with Gasteiger partial charge in [-0.25, -0.2) is 4.79 Å². The largest absolute Gasteiger partial charge is 0.495 e. The van der Waals surface area contributed by atoms with Crippen LogP contribution < -0.4 is 10.5 Å². The fraction of sp³-hybridized carbons (Fsp3) is 0.588. The number of hydrogen-bond donors (Lipinski definition) is 1. The van der Waals surface area contributed by atoms with Crippen LogP contribution in [0.25, 0.3) is 0 Å². The van der Waals surface area contributed by atoms with E-state index < -0.39 is 0 Å². The van der Waals surface area contributed by atoms with Gasteiger partial charge in [-0.3, -0.25) is 0 Å². The highest BCUT2D eigenvalue weighted by atomic mass is 16.5. The summed E-state index contributed by atoms with van der Waals surface area (Å²) in [6.45, 7) is 2.69. The molecule has 0 saturated heterocycles. The summed E-state index contributed by atoms with van der Waals surface area (Å²) in [5.74, 6) is 0.180. The molecule has 1 rings (SSSR count). The number of carbonyl (C=O) groups is 1. The standard InChI is InChI=1S/C17H27NO3/c1-3-4-5-6-7-8-9-12-21-17(19)14-10-11-15(18)16(13-14)20-2/h10-11,13H,3-9,12,18H2,1-2H3. The number of benzene rings is 1. The number of nitrogen functional groups attached to an aromatic ring is 1. The van der Waals surface area contributed by atoms with E-state index in [1.807, 2.05) is 0 Å². The van der Waals surface area contributed by atoms with Crippen LogP contribution in [0.3, 0.4) is 0 Å². The molecule has 0 aliphatic carbocycles. The van der Waals surface area contributed by atoms with Gasteiger partial charge in [-0.15, -0.1) is 0 Å². The molecule has 0 aliphatic heterocycles. The van der Waals surface area contributed by atoms with E-state index in [4.69, 9.17) is 15.2 Å². The molecule has 0 unspecified atom stereocenters. The number of nitrogens with two attached hydrogens (primary N) is 1. The van der Waals surface area contributed by atoms with E-state index in [-0.39, 0.29) is 5.97 Å². The number of methoxy groups -OCH3 is 1. The topological polar surface area (TPSA) is 61.5 Å². The molecular formula is C17H27NO3. The van der Waals surface area contributed by atoms with Gasteiger partial charge in [0.2, 0.25) is 0 Å². The number of hydrogen-bond acceptors (Lipinski definition) is 4. The zero-order chi connectivity index (χ0) is 15.5. The molecule has 21 heavy (non-hydrogen) atoms. The third kappa shape index (κ3) is 6.52. The Labute approximate surface area is 127 Å². The van der Waals surface area contributed by atoms with Crippen molar-refractivity contribution in [3.63, 3.8) is 0 Å². The van der Waals surface area contributed by atoms with Crippen molar-refractivity contribution in [1.29, 1.82) is 0 Å². The van der Waals surface area contributed by atoms with Crippen LogP contribution in [0.5, 0.6) is 5.75 Å². The average Bonchev–Trinajstić information content (AvgIpc) is 2.50. The fourth-order valence-electron chi connectivity index (χ4n) is 2.15. The quantitative estimate of drug-likeness (QED) is 0.399. The molecule has 1 aromatic carbocycles. The molecule has 118 valence electrons. The normalized spacial score (nSPS) is 10.4. The smallest absolute Gasteiger partial charge is 0.338 e. The molecule has 0 radical (unpaired) electrons. The molecule has 0 heterocycles. The minimum absolute atomic E-state index is 0.320. The van der Waals surface area contributed by atoms with Gasteiger partial charge in [-0.1, -0.05) is 45.4 Å². The maximum atomic E-state index is 11.9. The van der Waals surface area contributed by atoms with Gasteiger partial charge in [0.05, 0.1) is 25.0 Å². The van der Waals surface area contributed by atoms with Gasteiger partial charge >= 0.3 is 5.97 Å². The lowest BCUT2D eigenvalue weighted by atomic mass is 10.1. The first-order valence-corrected chi connectivity index (χ1v) is 7.79. The number of ether oxygens (including phenoxy) is 2. The van der Waals surface area contributed by atoms with Crippen LogP contribution in [0.1, 0.15) is 62.2 Å².